The van der Waals surface area contributed by atoms with Gasteiger partial charge < -0.3 is 24.5 Å². The Kier molecular flexibility index (Phi) is 7.28. The van der Waals surface area contributed by atoms with Crippen LogP contribution >= 0.6 is 0 Å². The van der Waals surface area contributed by atoms with Crippen molar-refractivity contribution in [1.29, 1.82) is 0 Å². The first-order chi connectivity index (χ1) is 20.4. The van der Waals surface area contributed by atoms with Gasteiger partial charge in [0.05, 0.1) is 18.3 Å². The van der Waals surface area contributed by atoms with Crippen LogP contribution in [0.3, 0.4) is 0 Å². The lowest BCUT2D eigenvalue weighted by Crippen LogP contribution is -2.54. The molecule has 3 aromatic rings. The van der Waals surface area contributed by atoms with Crippen LogP contribution in [0.1, 0.15) is 37.7 Å². The molecule has 2 atom stereocenters. The van der Waals surface area contributed by atoms with E-state index in [-0.39, 0.29) is 5.92 Å². The van der Waals surface area contributed by atoms with Crippen molar-refractivity contribution in [3.05, 3.63) is 54.2 Å². The van der Waals surface area contributed by atoms with E-state index in [4.69, 9.17) is 9.73 Å². The molecule has 1 aromatic heterocycles. The van der Waals surface area contributed by atoms with Gasteiger partial charge in [0.25, 0.3) is 0 Å². The molecule has 1 spiro atoms. The van der Waals surface area contributed by atoms with Crippen molar-refractivity contribution in [2.75, 3.05) is 53.0 Å². The quantitative estimate of drug-likeness (QED) is 0.447. The molecule has 9 heteroatoms. The van der Waals surface area contributed by atoms with E-state index in [1.54, 1.807) is 7.11 Å². The highest BCUT2D eigenvalue weighted by Gasteiger charge is 2.50. The molecule has 0 radical (unpaired) electrons. The highest BCUT2D eigenvalue weighted by atomic mass is 16.5. The minimum Gasteiger partial charge on any atom is -0.383 e. The van der Waals surface area contributed by atoms with Gasteiger partial charge in [-0.3, -0.25) is 14.5 Å². The van der Waals surface area contributed by atoms with Gasteiger partial charge in [0.1, 0.15) is 11.4 Å². The van der Waals surface area contributed by atoms with Crippen LogP contribution in [-0.4, -0.2) is 106 Å². The van der Waals surface area contributed by atoms with Crippen LogP contribution in [0.2, 0.25) is 0 Å². The maximum absolute atomic E-state index is 12.7. The fourth-order valence-corrected chi connectivity index (χ4v) is 7.11. The normalized spacial score (nSPS) is 24.2. The Hall–Kier alpha value is -3.27. The van der Waals surface area contributed by atoms with Crippen molar-refractivity contribution in [3.8, 4) is 11.1 Å². The van der Waals surface area contributed by atoms with E-state index in [1.807, 2.05) is 17.9 Å². The molecule has 42 heavy (non-hydrogen) atoms. The first kappa shape index (κ1) is 27.6. The van der Waals surface area contributed by atoms with Crippen LogP contribution in [-0.2, 0) is 16.6 Å². The van der Waals surface area contributed by atoms with Gasteiger partial charge in [-0.2, -0.15) is 5.10 Å². The van der Waals surface area contributed by atoms with Crippen molar-refractivity contribution in [1.82, 2.24) is 24.5 Å². The summed E-state index contributed by atoms with van der Waals surface area (Å²) in [6.07, 6.45) is 5.92. The Balaban J connectivity index is 1.14. The minimum atomic E-state index is -0.669. The summed E-state index contributed by atoms with van der Waals surface area (Å²) < 4.78 is 7.19. The molecule has 4 aliphatic rings. The van der Waals surface area contributed by atoms with Gasteiger partial charge in [0.15, 0.2) is 6.23 Å². The average molecular weight is 571 g/mol. The number of aliphatic imine (C=N–C) groups is 1. The maximum atomic E-state index is 12.7. The molecule has 3 aliphatic heterocycles. The molecule has 1 amide bonds. The number of benzene rings is 2. The number of carbonyl (C=O) groups excluding carboxylic acids is 1. The molecule has 1 N–H and O–H groups in total. The van der Waals surface area contributed by atoms with E-state index >= 15 is 0 Å². The lowest BCUT2D eigenvalue weighted by molar-refractivity contribution is -0.131. The van der Waals surface area contributed by atoms with Crippen molar-refractivity contribution in [2.45, 2.75) is 43.9 Å². The number of hydrogen-bond acceptors (Lipinski definition) is 7. The molecule has 1 saturated carbocycles. The third kappa shape index (κ3) is 5.12. The summed E-state index contributed by atoms with van der Waals surface area (Å²) in [6.45, 7) is 5.73. The predicted octanol–water partition coefficient (Wildman–Crippen LogP) is 3.36. The number of methoxy groups -OCH3 is 1. The molecule has 1 aliphatic carbocycles. The minimum absolute atomic E-state index is 0.252. The number of amides is 1. The van der Waals surface area contributed by atoms with Crippen LogP contribution in [0.15, 0.2) is 53.7 Å². The number of amidine groups is 1. The Morgan fingerprint density at radius 3 is 2.50 bits per heavy atom. The van der Waals surface area contributed by atoms with Gasteiger partial charge in [0, 0.05) is 70.3 Å². The van der Waals surface area contributed by atoms with E-state index in [2.05, 4.69) is 62.3 Å². The van der Waals surface area contributed by atoms with Crippen molar-refractivity contribution in [2.24, 2.45) is 23.9 Å². The molecule has 2 unspecified atom stereocenters. The van der Waals surface area contributed by atoms with Crippen molar-refractivity contribution < 1.29 is 14.6 Å². The molecule has 4 heterocycles. The summed E-state index contributed by atoms with van der Waals surface area (Å²) in [5.41, 5.74) is 3.93. The summed E-state index contributed by atoms with van der Waals surface area (Å²) in [6, 6.07) is 15.0. The second-order valence-corrected chi connectivity index (χ2v) is 12.7. The van der Waals surface area contributed by atoms with Gasteiger partial charge in [-0.25, -0.2) is 0 Å². The maximum Gasteiger partial charge on any atom is 0.225 e. The third-order valence-electron chi connectivity index (χ3n) is 9.91. The number of rotatable bonds is 8. The Bertz CT molecular complexity index is 1470. The smallest absolute Gasteiger partial charge is 0.225 e. The number of likely N-dealkylation sites (tertiary alicyclic amines) is 2. The standard InChI is InChI=1S/C33H42N6O3/c1-36-29-10-9-27(19-28(29)20-34-36)24-3-5-25(6-4-24)30-35-33(12-15-37(16-13-33)17-18-42-2)32(41)39(30)22-23-11-14-38(21-23)31(40)26-7-8-26/h3-6,9-10,19-20,23,26,32,41H,7-8,11-18,21-22H2,1-2H3. The first-order valence-electron chi connectivity index (χ1n) is 15.5. The summed E-state index contributed by atoms with van der Waals surface area (Å²) >= 11 is 0. The predicted molar refractivity (Wildman–Crippen MR) is 163 cm³/mol. The zero-order valence-corrected chi connectivity index (χ0v) is 24.8. The van der Waals surface area contributed by atoms with Crippen LogP contribution in [0, 0.1) is 11.8 Å². The number of hydrogen-bond donors (Lipinski definition) is 1. The Labute approximate surface area is 247 Å². The molecule has 0 bridgehead atoms. The average Bonchev–Trinajstić information content (AvgIpc) is 3.58. The number of aliphatic hydroxyl groups excluding tert-OH is 1. The van der Waals surface area contributed by atoms with E-state index in [1.165, 1.54) is 0 Å². The number of ether oxygens (including phenoxy) is 1. The number of carbonyl (C=O) groups is 1. The summed E-state index contributed by atoms with van der Waals surface area (Å²) in [4.78, 5) is 24.7. The van der Waals surface area contributed by atoms with Gasteiger partial charge in [-0.05, 0) is 61.3 Å². The van der Waals surface area contributed by atoms with Gasteiger partial charge in [-0.15, -0.1) is 0 Å². The second kappa shape index (κ2) is 11.1. The fourth-order valence-electron chi connectivity index (χ4n) is 7.11. The zero-order valence-electron chi connectivity index (χ0n) is 24.8. The zero-order chi connectivity index (χ0) is 28.8. The summed E-state index contributed by atoms with van der Waals surface area (Å²) in [7, 11) is 3.70. The van der Waals surface area contributed by atoms with Crippen molar-refractivity contribution in [3.63, 3.8) is 0 Å². The molecular formula is C33H42N6O3. The monoisotopic (exact) mass is 570 g/mol. The van der Waals surface area contributed by atoms with E-state index in [9.17, 15) is 9.90 Å². The summed E-state index contributed by atoms with van der Waals surface area (Å²) in [5, 5.41) is 17.4. The lowest BCUT2D eigenvalue weighted by Gasteiger charge is -2.41. The molecule has 222 valence electrons. The Morgan fingerprint density at radius 2 is 1.76 bits per heavy atom. The molecule has 2 saturated heterocycles. The third-order valence-corrected chi connectivity index (χ3v) is 9.91. The summed E-state index contributed by atoms with van der Waals surface area (Å²) in [5.74, 6) is 1.79. The highest BCUT2D eigenvalue weighted by molar-refractivity contribution is 6.01. The number of aliphatic hydroxyl groups is 1. The fraction of sp³-hybridized carbons (Fsp3) is 0.545. The largest absolute Gasteiger partial charge is 0.383 e. The van der Waals surface area contributed by atoms with Crippen LogP contribution in [0.25, 0.3) is 22.0 Å². The molecule has 2 aromatic carbocycles. The number of nitrogens with zero attached hydrogens (tertiary/aromatic N) is 6. The van der Waals surface area contributed by atoms with E-state index in [0.29, 0.717) is 25.0 Å². The van der Waals surface area contributed by atoms with Crippen LogP contribution in [0.4, 0.5) is 0 Å². The topological polar surface area (TPSA) is 86.4 Å². The number of fused-ring (bicyclic) bond motifs is 1. The number of piperidine rings is 1. The highest BCUT2D eigenvalue weighted by Crippen LogP contribution is 2.40. The first-order valence-corrected chi connectivity index (χ1v) is 15.5. The van der Waals surface area contributed by atoms with Gasteiger partial charge >= 0.3 is 0 Å². The Morgan fingerprint density at radius 1 is 1.02 bits per heavy atom. The SMILES string of the molecule is COCCN1CCC2(CC1)N=C(c1ccc(-c3ccc4c(cnn4C)c3)cc1)N(CC1CCN(C(=O)C3CC3)C1)C2O. The second-order valence-electron chi connectivity index (χ2n) is 12.7. The van der Waals surface area contributed by atoms with Crippen molar-refractivity contribution >= 4 is 22.6 Å². The van der Waals surface area contributed by atoms with Crippen LogP contribution in [0.5, 0.6) is 0 Å². The van der Waals surface area contributed by atoms with Crippen LogP contribution < -0.4 is 0 Å². The van der Waals surface area contributed by atoms with E-state index < -0.39 is 11.8 Å². The molecular weight excluding hydrogens is 528 g/mol. The molecule has 9 nitrogen and oxygen atoms in total. The number of aromatic nitrogens is 2. The van der Waals surface area contributed by atoms with E-state index in [0.717, 1.165) is 98.3 Å². The van der Waals surface area contributed by atoms with Gasteiger partial charge in [0.2, 0.25) is 5.91 Å². The van der Waals surface area contributed by atoms with Gasteiger partial charge in [-0.1, -0.05) is 30.3 Å². The lowest BCUT2D eigenvalue weighted by atomic mass is 9.86. The molecule has 3 fully saturated rings. The number of aryl methyl sites for hydroxylation is 1. The molecule has 7 rings (SSSR count).